The van der Waals surface area contributed by atoms with E-state index in [1.165, 1.54) is 58.5 Å². The first-order valence-electron chi connectivity index (χ1n) is 8.24. The summed E-state index contributed by atoms with van der Waals surface area (Å²) in [5.74, 6) is -0.315. The standard InChI is InChI=1S/C17H30N2O2/c1-3-4-5-6-7-8-9-10-13-18-14-15-11-12-16(19-15)17(20)21-2/h11-12,18-19H,3-10,13-14H2,1-2H3. The van der Waals surface area contributed by atoms with Crippen LogP contribution < -0.4 is 5.32 Å². The molecule has 4 heteroatoms. The maximum absolute atomic E-state index is 11.3. The first-order valence-corrected chi connectivity index (χ1v) is 8.24. The van der Waals surface area contributed by atoms with Gasteiger partial charge in [-0.25, -0.2) is 4.79 Å². The van der Waals surface area contributed by atoms with Gasteiger partial charge in [-0.15, -0.1) is 0 Å². The van der Waals surface area contributed by atoms with Crippen molar-refractivity contribution in [3.05, 3.63) is 23.5 Å². The molecule has 0 spiro atoms. The molecule has 0 unspecified atom stereocenters. The van der Waals surface area contributed by atoms with Crippen molar-refractivity contribution in [2.24, 2.45) is 0 Å². The number of H-pyrrole nitrogens is 1. The summed E-state index contributed by atoms with van der Waals surface area (Å²) in [6.07, 6.45) is 10.7. The number of hydrogen-bond donors (Lipinski definition) is 2. The van der Waals surface area contributed by atoms with Crippen molar-refractivity contribution in [1.82, 2.24) is 10.3 Å². The third kappa shape index (κ3) is 7.90. The largest absolute Gasteiger partial charge is 0.464 e. The summed E-state index contributed by atoms with van der Waals surface area (Å²) in [4.78, 5) is 14.4. The molecule has 0 amide bonds. The van der Waals surface area contributed by atoms with Crippen LogP contribution in [0.4, 0.5) is 0 Å². The maximum Gasteiger partial charge on any atom is 0.354 e. The summed E-state index contributed by atoms with van der Waals surface area (Å²) in [6.45, 7) is 4.05. The fourth-order valence-corrected chi connectivity index (χ4v) is 2.38. The summed E-state index contributed by atoms with van der Waals surface area (Å²) in [6, 6.07) is 3.69. The van der Waals surface area contributed by atoms with Crippen LogP contribution in [0.1, 0.15) is 74.5 Å². The summed E-state index contributed by atoms with van der Waals surface area (Å²) in [7, 11) is 1.39. The molecule has 0 aliphatic carbocycles. The van der Waals surface area contributed by atoms with Gasteiger partial charge in [0.05, 0.1) is 7.11 Å². The van der Waals surface area contributed by atoms with Crippen LogP contribution in [0.15, 0.2) is 12.1 Å². The van der Waals surface area contributed by atoms with E-state index in [0.29, 0.717) is 5.69 Å². The van der Waals surface area contributed by atoms with Gasteiger partial charge in [0.2, 0.25) is 0 Å². The Bertz CT molecular complexity index is 388. The second-order valence-corrected chi connectivity index (χ2v) is 5.54. The fourth-order valence-electron chi connectivity index (χ4n) is 2.38. The van der Waals surface area contributed by atoms with Crippen LogP contribution in [-0.2, 0) is 11.3 Å². The molecule has 1 aromatic rings. The Morgan fingerprint density at radius 3 is 2.43 bits per heavy atom. The third-order valence-corrected chi connectivity index (χ3v) is 3.67. The van der Waals surface area contributed by atoms with Gasteiger partial charge >= 0.3 is 5.97 Å². The average molecular weight is 294 g/mol. The number of aromatic amines is 1. The minimum Gasteiger partial charge on any atom is -0.464 e. The minimum absolute atomic E-state index is 0.315. The van der Waals surface area contributed by atoms with Gasteiger partial charge in [0.15, 0.2) is 0 Å². The average Bonchev–Trinajstić information content (AvgIpc) is 2.97. The molecule has 0 radical (unpaired) electrons. The Hall–Kier alpha value is -1.29. The Morgan fingerprint density at radius 1 is 1.10 bits per heavy atom. The highest BCUT2D eigenvalue weighted by Gasteiger charge is 2.07. The molecule has 2 N–H and O–H groups in total. The lowest BCUT2D eigenvalue weighted by Gasteiger charge is -2.04. The summed E-state index contributed by atoms with van der Waals surface area (Å²) in [5.41, 5.74) is 1.54. The molecule has 120 valence electrons. The fraction of sp³-hybridized carbons (Fsp3) is 0.706. The van der Waals surface area contributed by atoms with Crippen LogP contribution in [0.3, 0.4) is 0 Å². The molecule has 0 saturated heterocycles. The predicted molar refractivity (Wildman–Crippen MR) is 86.4 cm³/mol. The number of unbranched alkanes of at least 4 members (excludes halogenated alkanes) is 7. The molecule has 1 heterocycles. The Morgan fingerprint density at radius 2 is 1.76 bits per heavy atom. The lowest BCUT2D eigenvalue weighted by atomic mass is 10.1. The van der Waals surface area contributed by atoms with Crippen LogP contribution in [0, 0.1) is 0 Å². The van der Waals surface area contributed by atoms with E-state index in [-0.39, 0.29) is 5.97 Å². The molecular formula is C17H30N2O2. The van der Waals surface area contributed by atoms with Crippen LogP contribution in [-0.4, -0.2) is 24.6 Å². The lowest BCUT2D eigenvalue weighted by molar-refractivity contribution is 0.0594. The summed E-state index contributed by atoms with van der Waals surface area (Å²) in [5, 5.41) is 3.40. The van der Waals surface area contributed by atoms with Gasteiger partial charge in [0, 0.05) is 12.2 Å². The van der Waals surface area contributed by atoms with Gasteiger partial charge in [0.1, 0.15) is 5.69 Å². The number of nitrogens with one attached hydrogen (secondary N) is 2. The van der Waals surface area contributed by atoms with Crippen molar-refractivity contribution in [3.63, 3.8) is 0 Å². The molecule has 0 saturated carbocycles. The van der Waals surface area contributed by atoms with Crippen molar-refractivity contribution in [3.8, 4) is 0 Å². The van der Waals surface area contributed by atoms with Crippen molar-refractivity contribution in [2.75, 3.05) is 13.7 Å². The van der Waals surface area contributed by atoms with Crippen molar-refractivity contribution in [1.29, 1.82) is 0 Å². The Kier molecular flexibility index (Phi) is 9.62. The van der Waals surface area contributed by atoms with Crippen molar-refractivity contribution < 1.29 is 9.53 Å². The van der Waals surface area contributed by atoms with Crippen LogP contribution in [0.5, 0.6) is 0 Å². The zero-order valence-electron chi connectivity index (χ0n) is 13.5. The zero-order chi connectivity index (χ0) is 15.3. The highest BCUT2D eigenvalue weighted by Crippen LogP contribution is 2.08. The second-order valence-electron chi connectivity index (χ2n) is 5.54. The molecule has 0 fully saturated rings. The monoisotopic (exact) mass is 294 g/mol. The van der Waals surface area contributed by atoms with Gasteiger partial charge in [-0.1, -0.05) is 51.9 Å². The molecule has 21 heavy (non-hydrogen) atoms. The van der Waals surface area contributed by atoms with Gasteiger partial charge in [-0.3, -0.25) is 0 Å². The van der Waals surface area contributed by atoms with E-state index < -0.39 is 0 Å². The van der Waals surface area contributed by atoms with Gasteiger partial charge in [0.25, 0.3) is 0 Å². The highest BCUT2D eigenvalue weighted by molar-refractivity contribution is 5.87. The number of rotatable bonds is 12. The molecule has 0 aliphatic heterocycles. The van der Waals surface area contributed by atoms with E-state index >= 15 is 0 Å². The van der Waals surface area contributed by atoms with E-state index in [1.54, 1.807) is 6.07 Å². The van der Waals surface area contributed by atoms with Crippen molar-refractivity contribution in [2.45, 2.75) is 64.8 Å². The lowest BCUT2D eigenvalue weighted by Crippen LogP contribution is -2.15. The van der Waals surface area contributed by atoms with Crippen LogP contribution in [0.2, 0.25) is 0 Å². The summed E-state index contributed by atoms with van der Waals surface area (Å²) < 4.78 is 4.66. The number of esters is 1. The number of methoxy groups -OCH3 is 1. The molecule has 0 aromatic carbocycles. The normalized spacial score (nSPS) is 10.8. The SMILES string of the molecule is CCCCCCCCCCNCc1ccc(C(=O)OC)[nH]1. The van der Waals surface area contributed by atoms with Crippen LogP contribution >= 0.6 is 0 Å². The summed E-state index contributed by atoms with van der Waals surface area (Å²) >= 11 is 0. The van der Waals surface area contributed by atoms with E-state index in [1.807, 2.05) is 6.07 Å². The molecule has 1 aromatic heterocycles. The van der Waals surface area contributed by atoms with E-state index in [9.17, 15) is 4.79 Å². The highest BCUT2D eigenvalue weighted by atomic mass is 16.5. The minimum atomic E-state index is -0.315. The van der Waals surface area contributed by atoms with E-state index in [2.05, 4.69) is 22.0 Å². The number of carbonyl (C=O) groups is 1. The van der Waals surface area contributed by atoms with Gasteiger partial charge in [-0.05, 0) is 25.1 Å². The number of hydrogen-bond acceptors (Lipinski definition) is 3. The molecule has 0 atom stereocenters. The van der Waals surface area contributed by atoms with E-state index in [4.69, 9.17) is 0 Å². The first-order chi connectivity index (χ1) is 10.3. The number of carbonyl (C=O) groups excluding carboxylic acids is 1. The van der Waals surface area contributed by atoms with Gasteiger partial charge < -0.3 is 15.0 Å². The second kappa shape index (κ2) is 11.4. The Balaban J connectivity index is 1.97. The quantitative estimate of drug-likeness (QED) is 0.452. The molecular weight excluding hydrogens is 264 g/mol. The third-order valence-electron chi connectivity index (χ3n) is 3.67. The van der Waals surface area contributed by atoms with Crippen molar-refractivity contribution >= 4 is 5.97 Å². The maximum atomic E-state index is 11.3. The first kappa shape index (κ1) is 17.8. The number of ether oxygens (including phenoxy) is 1. The smallest absolute Gasteiger partial charge is 0.354 e. The predicted octanol–water partition coefficient (Wildman–Crippen LogP) is 4.03. The molecule has 0 bridgehead atoms. The molecule has 0 aliphatic rings. The molecule has 1 rings (SSSR count). The van der Waals surface area contributed by atoms with Gasteiger partial charge in [-0.2, -0.15) is 0 Å². The van der Waals surface area contributed by atoms with E-state index in [0.717, 1.165) is 18.8 Å². The Labute approximate surface area is 128 Å². The zero-order valence-corrected chi connectivity index (χ0v) is 13.5. The van der Waals surface area contributed by atoms with Crippen LogP contribution in [0.25, 0.3) is 0 Å². The topological polar surface area (TPSA) is 54.1 Å². The molecule has 4 nitrogen and oxygen atoms in total. The number of aromatic nitrogens is 1.